The van der Waals surface area contributed by atoms with E-state index in [1.165, 1.54) is 19.5 Å². The number of nitrogens with one attached hydrogen (secondary N) is 2. The molecule has 9 rings (SSSR count). The second-order valence-corrected chi connectivity index (χ2v) is 34.1. The molecule has 37 heteroatoms. The number of cyclic esters (lactones) is 1. The Morgan fingerprint density at radius 1 is 0.721 bits per heavy atom. The summed E-state index contributed by atoms with van der Waals surface area (Å²) in [5.74, 6) is -9.12. The van der Waals surface area contributed by atoms with Crippen molar-refractivity contribution in [1.29, 1.82) is 0 Å². The molecule has 0 spiro atoms. The number of nitrogen functional groups attached to an aromatic ring is 2. The number of nitrogens with two attached hydrogens (primary N) is 2. The van der Waals surface area contributed by atoms with Crippen molar-refractivity contribution < 1.29 is 115 Å². The highest BCUT2D eigenvalue weighted by Crippen LogP contribution is 2.39. The van der Waals surface area contributed by atoms with Crippen LogP contribution < -0.4 is 22.1 Å². The average molecular weight is 1810 g/mol. The monoisotopic (exact) mass is 1810 g/mol. The van der Waals surface area contributed by atoms with Crippen molar-refractivity contribution >= 4 is 75.2 Å². The zero-order valence-corrected chi connectivity index (χ0v) is 76.6. The van der Waals surface area contributed by atoms with Gasteiger partial charge in [-0.1, -0.05) is 81.9 Å². The van der Waals surface area contributed by atoms with Crippen molar-refractivity contribution in [2.75, 3.05) is 151 Å². The SMILES string of the molecule is COC(=O)NC1C[C@@H]2CC[C@@H](C)[C@@](O)(O2)C(=O)C(=O)N2CCCC[C@H]2C(=O)OC([C@H](C)CC2CCC(OCCCCc3cn(CCOCCOCCOCCOCCOCCOCCOCCOCCC(=O)NCCCCn4nc(-c5ccc6oc(N)nc6c5)c5c(N)ncnc54)nn3)[C@H](OC)C2)CC(=O)C(C)/C=C(\C)C(O)[C@@H](O)C(=O)C(C)CC(C)/C=C/C=C/C=C/1C. The van der Waals surface area contributed by atoms with Crippen LogP contribution in [0.5, 0.6) is 0 Å². The summed E-state index contributed by atoms with van der Waals surface area (Å²) in [6.45, 7) is 20.8. The van der Waals surface area contributed by atoms with Crippen molar-refractivity contribution in [3.8, 4) is 11.3 Å². The number of ketones is 3. The number of Topliss-reactive ketones (excluding diaryl/α,β-unsaturated/α-hetero) is 3. The van der Waals surface area contributed by atoms with E-state index in [-0.39, 0.29) is 86.2 Å². The first-order chi connectivity index (χ1) is 62.2. The lowest BCUT2D eigenvalue weighted by atomic mass is 9.78. The van der Waals surface area contributed by atoms with E-state index < -0.39 is 95.5 Å². The third kappa shape index (κ3) is 33.1. The van der Waals surface area contributed by atoms with E-state index in [2.05, 4.69) is 35.9 Å². The Kier molecular flexibility index (Phi) is 44.1. The van der Waals surface area contributed by atoms with E-state index in [0.717, 1.165) is 54.7 Å². The number of unbranched alkanes of at least 4 members (excludes halogenated alkanes) is 2. The number of fused-ring (bicyclic) bond motifs is 5. The number of aryl methyl sites for hydroxylation is 2. The molecule has 3 amide bonds. The lowest BCUT2D eigenvalue weighted by Crippen LogP contribution is -2.61. The van der Waals surface area contributed by atoms with Gasteiger partial charge in [0.05, 0.1) is 155 Å². The summed E-state index contributed by atoms with van der Waals surface area (Å²) in [5.41, 5.74) is 17.0. The Hall–Kier alpha value is -8.93. The Morgan fingerprint density at radius 2 is 1.40 bits per heavy atom. The van der Waals surface area contributed by atoms with Crippen molar-refractivity contribution in [2.24, 2.45) is 35.5 Å². The van der Waals surface area contributed by atoms with Crippen LogP contribution in [0.1, 0.15) is 163 Å². The van der Waals surface area contributed by atoms with Crippen molar-refractivity contribution in [3.05, 3.63) is 84.0 Å². The van der Waals surface area contributed by atoms with E-state index in [0.29, 0.717) is 216 Å². The molecule has 5 aromatic rings. The van der Waals surface area contributed by atoms with Gasteiger partial charge in [0.1, 0.15) is 53.5 Å². The second kappa shape index (κ2) is 54.8. The van der Waals surface area contributed by atoms with Gasteiger partial charge in [0, 0.05) is 75.7 Å². The highest BCUT2D eigenvalue weighted by atomic mass is 16.6. The number of carbonyl (C=O) groups excluding carboxylic acids is 7. The Morgan fingerprint density at radius 3 is 2.09 bits per heavy atom. The molecule has 1 aromatic carbocycles. The molecule has 1 aliphatic carbocycles. The number of methoxy groups -OCH3 is 2. The number of aliphatic hydroxyl groups is 3. The molecule has 2 saturated heterocycles. The molecule has 129 heavy (non-hydrogen) atoms. The van der Waals surface area contributed by atoms with Crippen LogP contribution in [0, 0.1) is 35.5 Å². The largest absolute Gasteiger partial charge is 0.460 e. The van der Waals surface area contributed by atoms with Gasteiger partial charge in [0.25, 0.3) is 17.7 Å². The normalized spacial score (nSPS) is 26.2. The third-order valence-electron chi connectivity index (χ3n) is 24.1. The predicted octanol–water partition coefficient (Wildman–Crippen LogP) is 8.11. The Balaban J connectivity index is 0.591. The number of carbonyl (C=O) groups is 7. The van der Waals surface area contributed by atoms with Gasteiger partial charge in [-0.05, 0) is 158 Å². The zero-order chi connectivity index (χ0) is 92.6. The van der Waals surface area contributed by atoms with Gasteiger partial charge in [0.2, 0.25) is 11.7 Å². The maximum absolute atomic E-state index is 14.8. The van der Waals surface area contributed by atoms with Crippen LogP contribution in [0.4, 0.5) is 16.6 Å². The second-order valence-electron chi connectivity index (χ2n) is 34.1. The number of ether oxygens (including phenoxy) is 13. The van der Waals surface area contributed by atoms with Crippen molar-refractivity contribution in [1.82, 2.24) is 55.3 Å². The smallest absolute Gasteiger partial charge is 0.407 e. The molecule has 4 aliphatic rings. The molecular formula is C92H139N13O24. The van der Waals surface area contributed by atoms with Crippen LogP contribution in [0.2, 0.25) is 0 Å². The molecule has 7 heterocycles. The van der Waals surface area contributed by atoms with E-state index in [1.54, 1.807) is 75.4 Å². The highest BCUT2D eigenvalue weighted by Gasteiger charge is 2.53. The fraction of sp³-hybridized carbons (Fsp3) is 0.685. The summed E-state index contributed by atoms with van der Waals surface area (Å²) in [4.78, 5) is 111. The molecular weight excluding hydrogens is 1670 g/mol. The quantitative estimate of drug-likeness (QED) is 0.00837. The predicted molar refractivity (Wildman–Crippen MR) is 476 cm³/mol. The van der Waals surface area contributed by atoms with Crippen LogP contribution >= 0.6 is 0 Å². The van der Waals surface area contributed by atoms with Gasteiger partial charge < -0.3 is 108 Å². The van der Waals surface area contributed by atoms with Gasteiger partial charge >= 0.3 is 12.1 Å². The summed E-state index contributed by atoms with van der Waals surface area (Å²) in [6.07, 6.45) is 16.3. The topological polar surface area (TPSA) is 480 Å². The number of anilines is 2. The molecule has 1 saturated carbocycles. The molecule has 2 bridgehead atoms. The summed E-state index contributed by atoms with van der Waals surface area (Å²) >= 11 is 0. The van der Waals surface area contributed by atoms with Crippen LogP contribution in [0.15, 0.2) is 82.7 Å². The number of nitrogens with zero attached hydrogens (tertiary/aromatic N) is 9. The number of hydrogen-bond acceptors (Lipinski definition) is 32. The number of rotatable bonds is 44. The molecule has 3 fully saturated rings. The molecule has 716 valence electrons. The first kappa shape index (κ1) is 104. The van der Waals surface area contributed by atoms with Gasteiger partial charge in [-0.2, -0.15) is 10.1 Å². The molecule has 37 nitrogen and oxygen atoms in total. The van der Waals surface area contributed by atoms with E-state index >= 15 is 0 Å². The first-order valence-electron chi connectivity index (χ1n) is 45.7. The van der Waals surface area contributed by atoms with Crippen molar-refractivity contribution in [2.45, 2.75) is 232 Å². The minimum atomic E-state index is -2.57. The lowest BCUT2D eigenvalue weighted by molar-refractivity contribution is -0.264. The minimum Gasteiger partial charge on any atom is -0.460 e. The van der Waals surface area contributed by atoms with Crippen LogP contribution in [-0.2, 0) is 110 Å². The first-order valence-corrected chi connectivity index (χ1v) is 45.7. The summed E-state index contributed by atoms with van der Waals surface area (Å²) in [5, 5.41) is 54.7. The molecule has 0 radical (unpaired) electrons. The molecule has 15 atom stereocenters. The Labute approximate surface area is 755 Å². The summed E-state index contributed by atoms with van der Waals surface area (Å²) in [6, 6.07) is 3.66. The fourth-order valence-corrected chi connectivity index (χ4v) is 16.5. The number of esters is 1. The fourth-order valence-electron chi connectivity index (χ4n) is 16.5. The van der Waals surface area contributed by atoms with Gasteiger partial charge in [-0.15, -0.1) is 5.10 Å². The number of hydrogen-bond donors (Lipinski definition) is 7. The van der Waals surface area contributed by atoms with Crippen LogP contribution in [-0.4, -0.2) is 295 Å². The van der Waals surface area contributed by atoms with E-state index in [1.807, 2.05) is 44.3 Å². The van der Waals surface area contributed by atoms with Gasteiger partial charge in [0.15, 0.2) is 17.0 Å². The van der Waals surface area contributed by atoms with Crippen LogP contribution in [0.25, 0.3) is 33.4 Å². The molecule has 4 aromatic heterocycles. The van der Waals surface area contributed by atoms with Crippen molar-refractivity contribution in [3.63, 3.8) is 0 Å². The molecule has 9 N–H and O–H groups in total. The number of amides is 3. The minimum absolute atomic E-state index is 0.0146. The van der Waals surface area contributed by atoms with Gasteiger partial charge in [-0.3, -0.25) is 24.0 Å². The highest BCUT2D eigenvalue weighted by molar-refractivity contribution is 6.39. The number of benzene rings is 1. The number of piperidine rings is 1. The standard InChI is InChI=1S/C92H139N13O24/c1-60-19-11-10-12-20-61(2)71(99-91(114)117-9)56-70-26-23-66(7)92(115,129-70)85(111)88(112)104-31-16-13-22-73(104)89(113)127-77(57-74(106)62(3)52-65(6)83(109)84(110)82(108)64(5)51-60)63(4)53-67-24-27-76(78(54-67)116-8)126-34-18-14-21-69-58-103(102-100-69)33-36-119-38-40-121-42-44-123-46-48-125-50-49-124-47-45-122-43-41-120-39-37-118-35-29-79(107)95-30-15-17-32-105-87-80(86(93)96-59-97-87)81(101-105)68-25-28-75-72(55-68)98-90(94)128-75/h10-12,19-20,25,28,52,55,58-60,62-64,66-67,70-71,73,76-78,83-84,109-110,115H,13-18,21-24,26-27,29-51,53-54,56-57H2,1-9H3,(H2,94,98)(H,95,107)(H,99,114)(H2,93,96,97)/b12-10+,19-11+,61-20+,65-52+/t60?,62?,63-,64?,66-,67?,70+,71?,73+,76?,77?,78-,83?,84+,92-/m1/s1. The summed E-state index contributed by atoms with van der Waals surface area (Å²) < 4.78 is 84.1. The average Bonchev–Trinajstić information content (AvgIpc) is 1.75. The summed E-state index contributed by atoms with van der Waals surface area (Å²) in [7, 11) is 2.90. The Bertz CT molecular complexity index is 4440. The van der Waals surface area contributed by atoms with E-state index in [9.17, 15) is 48.9 Å². The third-order valence-corrected chi connectivity index (χ3v) is 24.1. The van der Waals surface area contributed by atoms with Crippen LogP contribution in [0.3, 0.4) is 0 Å². The number of aromatic nitrogens is 8. The maximum Gasteiger partial charge on any atom is 0.407 e. The zero-order valence-electron chi connectivity index (χ0n) is 76.6. The number of alkyl carbamates (subject to hydrolysis) is 1. The number of aliphatic hydroxyl groups excluding tert-OH is 2. The number of allylic oxidation sites excluding steroid dienone is 6. The molecule has 3 aliphatic heterocycles. The van der Waals surface area contributed by atoms with Gasteiger partial charge in [-0.25, -0.2) is 28.9 Å². The maximum atomic E-state index is 14.8. The lowest BCUT2D eigenvalue weighted by Gasteiger charge is -2.43. The number of oxazole rings is 1. The van der Waals surface area contributed by atoms with E-state index in [4.69, 9.17) is 82.6 Å². The molecule has 8 unspecified atom stereocenters.